The Hall–Kier alpha value is -4.05. The Balaban J connectivity index is 1.85. The zero-order chi connectivity index (χ0) is 24.9. The third kappa shape index (κ3) is 5.65. The van der Waals surface area contributed by atoms with E-state index in [1.807, 2.05) is 6.92 Å². The van der Waals surface area contributed by atoms with Gasteiger partial charge in [-0.05, 0) is 62.2 Å². The van der Waals surface area contributed by atoms with Gasteiger partial charge in [0.15, 0.2) is 0 Å². The molecule has 0 radical (unpaired) electrons. The van der Waals surface area contributed by atoms with Gasteiger partial charge in [0, 0.05) is 12.1 Å². The van der Waals surface area contributed by atoms with Crippen LogP contribution in [0.5, 0.6) is 0 Å². The first-order chi connectivity index (χ1) is 16.1. The number of amides is 1. The van der Waals surface area contributed by atoms with Gasteiger partial charge >= 0.3 is 0 Å². The predicted octanol–water partition coefficient (Wildman–Crippen LogP) is 3.95. The van der Waals surface area contributed by atoms with Crippen LogP contribution in [0.15, 0.2) is 82.8 Å². The van der Waals surface area contributed by atoms with Crippen LogP contribution in [0, 0.1) is 24.0 Å². The molecular formula is C24H24N4O5S. The van der Waals surface area contributed by atoms with Gasteiger partial charge in [-0.3, -0.25) is 19.2 Å². The van der Waals surface area contributed by atoms with Crippen molar-refractivity contribution in [2.45, 2.75) is 25.7 Å². The standard InChI is InChI=1S/C24H24N4O5S/c1-17-8-14-22(15-9-17)34(32,33)27(23-7-5-4-6-18(23)2)16-24(29)26-25-19(3)20-10-12-21(13-11-20)28(30)31/h4-15H,16H2,1-3H3,(H,26,29)/b25-19+. The van der Waals surface area contributed by atoms with Crippen molar-refractivity contribution in [3.63, 3.8) is 0 Å². The van der Waals surface area contributed by atoms with E-state index in [1.165, 1.54) is 36.4 Å². The molecule has 0 atom stereocenters. The molecular weight excluding hydrogens is 456 g/mol. The summed E-state index contributed by atoms with van der Waals surface area (Å²) in [4.78, 5) is 23.1. The Labute approximate surface area is 197 Å². The van der Waals surface area contributed by atoms with Crippen LogP contribution in [-0.4, -0.2) is 31.5 Å². The number of anilines is 1. The third-order valence-electron chi connectivity index (χ3n) is 5.12. The summed E-state index contributed by atoms with van der Waals surface area (Å²) in [5, 5.41) is 14.8. The van der Waals surface area contributed by atoms with Gasteiger partial charge in [-0.2, -0.15) is 5.10 Å². The molecule has 3 aromatic carbocycles. The lowest BCUT2D eigenvalue weighted by molar-refractivity contribution is -0.384. The average molecular weight is 481 g/mol. The van der Waals surface area contributed by atoms with E-state index in [4.69, 9.17) is 0 Å². The van der Waals surface area contributed by atoms with Crippen LogP contribution in [0.1, 0.15) is 23.6 Å². The Bertz CT molecular complexity index is 1330. The molecule has 0 bridgehead atoms. The van der Waals surface area contributed by atoms with Gasteiger partial charge in [-0.25, -0.2) is 13.8 Å². The summed E-state index contributed by atoms with van der Waals surface area (Å²) in [7, 11) is -4.03. The van der Waals surface area contributed by atoms with Crippen LogP contribution >= 0.6 is 0 Å². The number of hydrazone groups is 1. The fraction of sp³-hybridized carbons (Fsp3) is 0.167. The number of carbonyl (C=O) groups is 1. The molecule has 0 saturated heterocycles. The molecule has 0 heterocycles. The lowest BCUT2D eigenvalue weighted by Gasteiger charge is -2.25. The molecule has 3 rings (SSSR count). The molecule has 10 heteroatoms. The van der Waals surface area contributed by atoms with Gasteiger partial charge in [-0.15, -0.1) is 0 Å². The van der Waals surface area contributed by atoms with Gasteiger partial charge in [0.1, 0.15) is 6.54 Å². The van der Waals surface area contributed by atoms with E-state index < -0.39 is 27.4 Å². The number of nitrogens with one attached hydrogen (secondary N) is 1. The van der Waals surface area contributed by atoms with Gasteiger partial charge in [-0.1, -0.05) is 35.9 Å². The van der Waals surface area contributed by atoms with Gasteiger partial charge in [0.05, 0.1) is 21.2 Å². The number of nitro groups is 1. The topological polar surface area (TPSA) is 122 Å². The Kier molecular flexibility index (Phi) is 7.42. The molecule has 34 heavy (non-hydrogen) atoms. The summed E-state index contributed by atoms with van der Waals surface area (Å²) in [6.07, 6.45) is 0. The summed E-state index contributed by atoms with van der Waals surface area (Å²) < 4.78 is 27.9. The van der Waals surface area contributed by atoms with Crippen molar-refractivity contribution < 1.29 is 18.1 Å². The average Bonchev–Trinajstić information content (AvgIpc) is 2.82. The van der Waals surface area contributed by atoms with Crippen molar-refractivity contribution in [1.82, 2.24) is 5.43 Å². The van der Waals surface area contributed by atoms with E-state index in [1.54, 1.807) is 50.2 Å². The number of hydrogen-bond donors (Lipinski definition) is 1. The number of hydrogen-bond acceptors (Lipinski definition) is 6. The summed E-state index contributed by atoms with van der Waals surface area (Å²) in [5.74, 6) is -0.639. The molecule has 9 nitrogen and oxygen atoms in total. The first-order valence-corrected chi connectivity index (χ1v) is 11.8. The van der Waals surface area contributed by atoms with Crippen LogP contribution in [0.4, 0.5) is 11.4 Å². The molecule has 1 N–H and O–H groups in total. The highest BCUT2D eigenvalue weighted by molar-refractivity contribution is 7.92. The van der Waals surface area contributed by atoms with E-state index in [2.05, 4.69) is 10.5 Å². The Morgan fingerprint density at radius 3 is 2.21 bits per heavy atom. The number of non-ortho nitro benzene ring substituents is 1. The predicted molar refractivity (Wildman–Crippen MR) is 130 cm³/mol. The van der Waals surface area contributed by atoms with Crippen LogP contribution in [0.2, 0.25) is 0 Å². The minimum atomic E-state index is -4.03. The molecule has 0 fully saturated rings. The monoisotopic (exact) mass is 480 g/mol. The largest absolute Gasteiger partial charge is 0.271 e. The summed E-state index contributed by atoms with van der Waals surface area (Å²) >= 11 is 0. The third-order valence-corrected chi connectivity index (χ3v) is 6.90. The molecule has 3 aromatic rings. The van der Waals surface area contributed by atoms with Crippen molar-refractivity contribution >= 4 is 33.0 Å². The van der Waals surface area contributed by atoms with E-state index in [9.17, 15) is 23.3 Å². The van der Waals surface area contributed by atoms with E-state index in [0.29, 0.717) is 22.5 Å². The number of para-hydroxylation sites is 1. The van der Waals surface area contributed by atoms with Crippen LogP contribution in [0.3, 0.4) is 0 Å². The summed E-state index contributed by atoms with van der Waals surface area (Å²) in [5.41, 5.74) is 5.29. The minimum absolute atomic E-state index is 0.0595. The molecule has 0 aliphatic rings. The number of nitro benzene ring substituents is 1. The molecule has 0 spiro atoms. The van der Waals surface area contributed by atoms with E-state index >= 15 is 0 Å². The van der Waals surface area contributed by atoms with Crippen LogP contribution in [0.25, 0.3) is 0 Å². The highest BCUT2D eigenvalue weighted by Gasteiger charge is 2.28. The zero-order valence-corrected chi connectivity index (χ0v) is 19.7. The SMILES string of the molecule is C/C(=N\NC(=O)CN(c1ccccc1C)S(=O)(=O)c1ccc(C)cc1)c1ccc([N+](=O)[O-])cc1. The highest BCUT2D eigenvalue weighted by Crippen LogP contribution is 2.26. The normalized spacial score (nSPS) is 11.7. The molecule has 0 unspecified atom stereocenters. The molecule has 0 aliphatic carbocycles. The number of benzene rings is 3. The number of aryl methyl sites for hydroxylation is 2. The fourth-order valence-electron chi connectivity index (χ4n) is 3.18. The quantitative estimate of drug-likeness (QED) is 0.297. The maximum Gasteiger partial charge on any atom is 0.269 e. The zero-order valence-electron chi connectivity index (χ0n) is 18.9. The number of rotatable bonds is 8. The second-order valence-corrected chi connectivity index (χ2v) is 9.51. The minimum Gasteiger partial charge on any atom is -0.271 e. The van der Waals surface area contributed by atoms with Crippen LogP contribution < -0.4 is 9.73 Å². The Morgan fingerprint density at radius 1 is 1.00 bits per heavy atom. The maximum atomic E-state index is 13.4. The summed E-state index contributed by atoms with van der Waals surface area (Å²) in [6, 6.07) is 19.0. The molecule has 0 aliphatic heterocycles. The molecule has 176 valence electrons. The van der Waals surface area contributed by atoms with Crippen molar-refractivity contribution in [2.75, 3.05) is 10.8 Å². The molecule has 0 aromatic heterocycles. The van der Waals surface area contributed by atoms with Gasteiger partial charge in [0.25, 0.3) is 21.6 Å². The first kappa shape index (κ1) is 24.6. The second-order valence-electron chi connectivity index (χ2n) is 7.65. The van der Waals surface area contributed by atoms with Crippen LogP contribution in [-0.2, 0) is 14.8 Å². The van der Waals surface area contributed by atoms with Gasteiger partial charge < -0.3 is 0 Å². The smallest absolute Gasteiger partial charge is 0.269 e. The fourth-order valence-corrected chi connectivity index (χ4v) is 4.67. The highest BCUT2D eigenvalue weighted by atomic mass is 32.2. The summed E-state index contributed by atoms with van der Waals surface area (Å²) in [6.45, 7) is 4.76. The van der Waals surface area contributed by atoms with Crippen molar-refractivity contribution in [2.24, 2.45) is 5.10 Å². The maximum absolute atomic E-state index is 13.4. The lowest BCUT2D eigenvalue weighted by Crippen LogP contribution is -2.40. The van der Waals surface area contributed by atoms with E-state index in [0.717, 1.165) is 9.87 Å². The molecule has 1 amide bonds. The number of carbonyl (C=O) groups excluding carboxylic acids is 1. The lowest BCUT2D eigenvalue weighted by atomic mass is 10.1. The van der Waals surface area contributed by atoms with Crippen molar-refractivity contribution in [3.05, 3.63) is 99.6 Å². The molecule has 0 saturated carbocycles. The first-order valence-electron chi connectivity index (χ1n) is 10.3. The van der Waals surface area contributed by atoms with E-state index in [-0.39, 0.29) is 10.6 Å². The van der Waals surface area contributed by atoms with Crippen molar-refractivity contribution in [1.29, 1.82) is 0 Å². The Morgan fingerprint density at radius 2 is 1.62 bits per heavy atom. The number of nitrogens with zero attached hydrogens (tertiary/aromatic N) is 3. The number of sulfonamides is 1. The van der Waals surface area contributed by atoms with Gasteiger partial charge in [0.2, 0.25) is 0 Å². The second kappa shape index (κ2) is 10.3. The van der Waals surface area contributed by atoms with Crippen molar-refractivity contribution in [3.8, 4) is 0 Å².